The average Bonchev–Trinajstić information content (AvgIpc) is 2.54. The Bertz CT molecular complexity index is 241. The van der Waals surface area contributed by atoms with Gasteiger partial charge < -0.3 is 10.0 Å². The first-order valence-corrected chi connectivity index (χ1v) is 4.69. The van der Waals surface area contributed by atoms with Gasteiger partial charge in [-0.1, -0.05) is 0 Å². The maximum atomic E-state index is 8.81. The molecule has 1 aromatic rings. The Morgan fingerprint density at radius 1 is 1.38 bits per heavy atom. The van der Waals surface area contributed by atoms with Gasteiger partial charge in [0.1, 0.15) is 0 Å². The van der Waals surface area contributed by atoms with Crippen LogP contribution in [-0.4, -0.2) is 46.0 Å². The first kappa shape index (κ1) is 8.72. The smallest absolute Gasteiger partial charge is 0.0536 e. The van der Waals surface area contributed by atoms with Gasteiger partial charge in [-0.05, 0) is 6.07 Å². The standard InChI is InChI=1S/C9H15N3O/c13-8-9-6-11(7-9)4-5-12-3-1-2-10-12/h1-3,9,13H,4-8H2. The second-order valence-corrected chi connectivity index (χ2v) is 3.58. The minimum atomic E-state index is 0.332. The minimum absolute atomic E-state index is 0.332. The van der Waals surface area contributed by atoms with Crippen LogP contribution in [-0.2, 0) is 6.54 Å². The summed E-state index contributed by atoms with van der Waals surface area (Å²) in [5.74, 6) is 0.512. The van der Waals surface area contributed by atoms with E-state index in [0.717, 1.165) is 26.2 Å². The van der Waals surface area contributed by atoms with Crippen LogP contribution in [0.2, 0.25) is 0 Å². The Morgan fingerprint density at radius 3 is 2.85 bits per heavy atom. The van der Waals surface area contributed by atoms with Crippen molar-refractivity contribution in [3.8, 4) is 0 Å². The molecule has 4 heteroatoms. The van der Waals surface area contributed by atoms with Crippen molar-refractivity contribution < 1.29 is 5.11 Å². The molecular formula is C9H15N3O. The van der Waals surface area contributed by atoms with E-state index in [1.165, 1.54) is 0 Å². The van der Waals surface area contributed by atoms with Crippen molar-refractivity contribution in [3.63, 3.8) is 0 Å². The zero-order valence-corrected chi connectivity index (χ0v) is 7.63. The fourth-order valence-corrected chi connectivity index (χ4v) is 1.65. The lowest BCUT2D eigenvalue weighted by atomic mass is 10.0. The zero-order chi connectivity index (χ0) is 9.10. The minimum Gasteiger partial charge on any atom is -0.396 e. The van der Waals surface area contributed by atoms with E-state index in [1.54, 1.807) is 6.20 Å². The number of aliphatic hydroxyl groups excluding tert-OH is 1. The van der Waals surface area contributed by atoms with E-state index in [4.69, 9.17) is 5.11 Å². The molecule has 0 spiro atoms. The molecule has 2 heterocycles. The lowest BCUT2D eigenvalue weighted by Gasteiger charge is -2.38. The second-order valence-electron chi connectivity index (χ2n) is 3.58. The SMILES string of the molecule is OCC1CN(CCn2cccn2)C1. The van der Waals surface area contributed by atoms with Crippen molar-refractivity contribution in [3.05, 3.63) is 18.5 Å². The molecule has 13 heavy (non-hydrogen) atoms. The van der Waals surface area contributed by atoms with Crippen molar-refractivity contribution in [2.45, 2.75) is 6.54 Å². The molecule has 1 N–H and O–H groups in total. The van der Waals surface area contributed by atoms with Crippen LogP contribution in [0.25, 0.3) is 0 Å². The summed E-state index contributed by atoms with van der Waals surface area (Å²) in [5, 5.41) is 12.9. The fraction of sp³-hybridized carbons (Fsp3) is 0.667. The molecule has 0 amide bonds. The monoisotopic (exact) mass is 181 g/mol. The van der Waals surface area contributed by atoms with Crippen LogP contribution in [0.15, 0.2) is 18.5 Å². The number of hydrogen-bond donors (Lipinski definition) is 1. The highest BCUT2D eigenvalue weighted by molar-refractivity contribution is 4.81. The first-order valence-electron chi connectivity index (χ1n) is 4.69. The van der Waals surface area contributed by atoms with E-state index in [1.807, 2.05) is 16.9 Å². The van der Waals surface area contributed by atoms with Crippen molar-refractivity contribution in [1.29, 1.82) is 0 Å². The summed E-state index contributed by atoms with van der Waals surface area (Å²) in [6.07, 6.45) is 3.77. The highest BCUT2D eigenvalue weighted by Crippen LogP contribution is 2.13. The lowest BCUT2D eigenvalue weighted by molar-refractivity contribution is 0.0507. The lowest BCUT2D eigenvalue weighted by Crippen LogP contribution is -2.49. The summed E-state index contributed by atoms with van der Waals surface area (Å²) in [4.78, 5) is 2.34. The van der Waals surface area contributed by atoms with Gasteiger partial charge in [-0.3, -0.25) is 4.68 Å². The fourth-order valence-electron chi connectivity index (χ4n) is 1.65. The molecule has 0 aliphatic carbocycles. The van der Waals surface area contributed by atoms with E-state index in [9.17, 15) is 0 Å². The largest absolute Gasteiger partial charge is 0.396 e. The van der Waals surface area contributed by atoms with Crippen molar-refractivity contribution in [1.82, 2.24) is 14.7 Å². The molecule has 4 nitrogen and oxygen atoms in total. The van der Waals surface area contributed by atoms with Crippen LogP contribution in [0.1, 0.15) is 0 Å². The topological polar surface area (TPSA) is 41.3 Å². The van der Waals surface area contributed by atoms with E-state index >= 15 is 0 Å². The molecule has 72 valence electrons. The van der Waals surface area contributed by atoms with Gasteiger partial charge >= 0.3 is 0 Å². The van der Waals surface area contributed by atoms with Crippen molar-refractivity contribution in [2.75, 3.05) is 26.2 Å². The van der Waals surface area contributed by atoms with Gasteiger partial charge in [-0.15, -0.1) is 0 Å². The Morgan fingerprint density at radius 2 is 2.23 bits per heavy atom. The van der Waals surface area contributed by atoms with Crippen LogP contribution in [0.3, 0.4) is 0 Å². The van der Waals surface area contributed by atoms with Crippen molar-refractivity contribution >= 4 is 0 Å². The summed E-state index contributed by atoms with van der Waals surface area (Å²) in [6, 6.07) is 1.94. The Kier molecular flexibility index (Phi) is 2.61. The first-order chi connectivity index (χ1) is 6.38. The molecule has 0 aromatic carbocycles. The Hall–Kier alpha value is -0.870. The van der Waals surface area contributed by atoms with E-state index in [-0.39, 0.29) is 0 Å². The molecule has 2 rings (SSSR count). The second kappa shape index (κ2) is 3.89. The van der Waals surface area contributed by atoms with Gasteiger partial charge in [0.2, 0.25) is 0 Å². The van der Waals surface area contributed by atoms with Crippen LogP contribution in [0, 0.1) is 5.92 Å². The highest BCUT2D eigenvalue weighted by Gasteiger charge is 2.24. The molecule has 0 bridgehead atoms. The molecule has 0 atom stereocenters. The van der Waals surface area contributed by atoms with E-state index in [2.05, 4.69) is 10.00 Å². The Labute approximate surface area is 77.8 Å². The molecule has 1 saturated heterocycles. The van der Waals surface area contributed by atoms with E-state index in [0.29, 0.717) is 12.5 Å². The van der Waals surface area contributed by atoms with Gasteiger partial charge in [0.25, 0.3) is 0 Å². The molecule has 1 aromatic heterocycles. The average molecular weight is 181 g/mol. The van der Waals surface area contributed by atoms with E-state index < -0.39 is 0 Å². The summed E-state index contributed by atoms with van der Waals surface area (Å²) in [5.41, 5.74) is 0. The van der Waals surface area contributed by atoms with Crippen LogP contribution >= 0.6 is 0 Å². The van der Waals surface area contributed by atoms with Crippen LogP contribution in [0.4, 0.5) is 0 Å². The summed E-state index contributed by atoms with van der Waals surface area (Å²) < 4.78 is 1.94. The number of nitrogens with zero attached hydrogens (tertiary/aromatic N) is 3. The number of aromatic nitrogens is 2. The van der Waals surface area contributed by atoms with Crippen LogP contribution < -0.4 is 0 Å². The third kappa shape index (κ3) is 2.08. The maximum absolute atomic E-state index is 8.81. The van der Waals surface area contributed by atoms with Gasteiger partial charge in [0, 0.05) is 44.6 Å². The summed E-state index contributed by atoms with van der Waals surface area (Å²) in [6.45, 7) is 4.40. The molecule has 0 unspecified atom stereocenters. The third-order valence-corrected chi connectivity index (χ3v) is 2.50. The normalized spacial score (nSPS) is 18.8. The zero-order valence-electron chi connectivity index (χ0n) is 7.63. The molecule has 0 radical (unpaired) electrons. The Balaban J connectivity index is 1.65. The molecule has 1 aliphatic heterocycles. The maximum Gasteiger partial charge on any atom is 0.0536 e. The number of hydrogen-bond acceptors (Lipinski definition) is 3. The predicted octanol–water partition coefficient (Wildman–Crippen LogP) is -0.193. The van der Waals surface area contributed by atoms with Gasteiger partial charge in [0.15, 0.2) is 0 Å². The van der Waals surface area contributed by atoms with Crippen LogP contribution in [0.5, 0.6) is 0 Å². The molecule has 0 saturated carbocycles. The summed E-state index contributed by atoms with van der Waals surface area (Å²) in [7, 11) is 0. The number of rotatable bonds is 4. The molecule has 1 aliphatic rings. The third-order valence-electron chi connectivity index (χ3n) is 2.50. The van der Waals surface area contributed by atoms with Crippen molar-refractivity contribution in [2.24, 2.45) is 5.92 Å². The highest BCUT2D eigenvalue weighted by atomic mass is 16.3. The molecular weight excluding hydrogens is 166 g/mol. The molecule has 1 fully saturated rings. The van der Waals surface area contributed by atoms with Gasteiger partial charge in [-0.2, -0.15) is 5.10 Å². The van der Waals surface area contributed by atoms with Gasteiger partial charge in [-0.25, -0.2) is 0 Å². The van der Waals surface area contributed by atoms with Gasteiger partial charge in [0.05, 0.1) is 6.54 Å². The quantitative estimate of drug-likeness (QED) is 0.700. The summed E-state index contributed by atoms with van der Waals surface area (Å²) >= 11 is 0. The predicted molar refractivity (Wildman–Crippen MR) is 49.2 cm³/mol. The number of likely N-dealkylation sites (tertiary alicyclic amines) is 1. The number of aliphatic hydroxyl groups is 1.